The summed E-state index contributed by atoms with van der Waals surface area (Å²) in [6.45, 7) is 4.73. The number of rotatable bonds is 3. The number of hydrogen-bond donors (Lipinski definition) is 0. The second-order valence-electron chi connectivity index (χ2n) is 20.6. The Bertz CT molecular complexity index is 4360. The van der Waals surface area contributed by atoms with Crippen molar-refractivity contribution < 1.29 is 9.15 Å². The maximum Gasteiger partial charge on any atom is 0.159 e. The zero-order valence-corrected chi connectivity index (χ0v) is 40.3. The fourth-order valence-corrected chi connectivity index (χ4v) is 13.6. The van der Waals surface area contributed by atoms with Gasteiger partial charge in [-0.15, -0.1) is 0 Å². The molecule has 1 aliphatic heterocycles. The van der Waals surface area contributed by atoms with E-state index in [1.807, 2.05) is 0 Å². The van der Waals surface area contributed by atoms with Gasteiger partial charge < -0.3 is 14.1 Å². The van der Waals surface area contributed by atoms with Crippen molar-refractivity contribution in [3.63, 3.8) is 0 Å². The summed E-state index contributed by atoms with van der Waals surface area (Å²) in [4.78, 5) is 2.47. The molecular weight excluding hydrogens is 887 g/mol. The number of hydrogen-bond acceptors (Lipinski definition) is 3. The van der Waals surface area contributed by atoms with E-state index in [0.29, 0.717) is 0 Å². The predicted molar refractivity (Wildman–Crippen MR) is 299 cm³/mol. The molecular formula is C70H45NO2. The highest BCUT2D eigenvalue weighted by atomic mass is 16.5. The summed E-state index contributed by atoms with van der Waals surface area (Å²) in [5.41, 5.74) is 25.7. The Morgan fingerprint density at radius 1 is 0.315 bits per heavy atom. The predicted octanol–water partition coefficient (Wildman–Crippen LogP) is 18.8. The average Bonchev–Trinajstić information content (AvgIpc) is 4.03. The molecule has 2 heterocycles. The molecule has 73 heavy (non-hydrogen) atoms. The monoisotopic (exact) mass is 931 g/mol. The first-order chi connectivity index (χ1) is 36.0. The van der Waals surface area contributed by atoms with E-state index >= 15 is 0 Å². The van der Waals surface area contributed by atoms with E-state index in [9.17, 15) is 0 Å². The number of furan rings is 1. The molecule has 0 amide bonds. The van der Waals surface area contributed by atoms with Gasteiger partial charge in [0.2, 0.25) is 0 Å². The Hall–Kier alpha value is -9.18. The quantitative estimate of drug-likeness (QED) is 0.177. The van der Waals surface area contributed by atoms with E-state index in [2.05, 4.69) is 255 Å². The lowest BCUT2D eigenvalue weighted by molar-refractivity contribution is 0.489. The van der Waals surface area contributed by atoms with Crippen LogP contribution in [0.4, 0.5) is 17.1 Å². The molecule has 0 fully saturated rings. The Kier molecular flexibility index (Phi) is 8.16. The molecule has 0 N–H and O–H groups in total. The van der Waals surface area contributed by atoms with Crippen molar-refractivity contribution in [2.75, 3.05) is 4.90 Å². The summed E-state index contributed by atoms with van der Waals surface area (Å²) in [6, 6.07) is 87.5. The Balaban J connectivity index is 1.03. The first-order valence-electron chi connectivity index (χ1n) is 25.4. The summed E-state index contributed by atoms with van der Waals surface area (Å²) in [5.74, 6) is 1.64. The van der Waals surface area contributed by atoms with Gasteiger partial charge in [-0.2, -0.15) is 0 Å². The molecule has 1 spiro atoms. The zero-order chi connectivity index (χ0) is 48.2. The van der Waals surface area contributed by atoms with Crippen LogP contribution >= 0.6 is 0 Å². The molecule has 1 unspecified atom stereocenters. The van der Waals surface area contributed by atoms with Crippen molar-refractivity contribution in [2.24, 2.45) is 0 Å². The van der Waals surface area contributed by atoms with Gasteiger partial charge in [0.15, 0.2) is 5.75 Å². The van der Waals surface area contributed by atoms with E-state index in [0.717, 1.165) is 72.8 Å². The molecule has 16 rings (SSSR count). The molecule has 342 valence electrons. The normalized spacial score (nSPS) is 15.5. The average molecular weight is 932 g/mol. The van der Waals surface area contributed by atoms with Crippen LogP contribution in [0.25, 0.3) is 88.7 Å². The number of ether oxygens (including phenoxy) is 1. The van der Waals surface area contributed by atoms with Crippen molar-refractivity contribution >= 4 is 39.0 Å². The minimum absolute atomic E-state index is 0.222. The SMILES string of the molecule is CC1(C)c2ccccc2-c2ccc(N(c3ccc4c(c3)C3(c5ccccc5-c5ccccc5-4)c4ccccc4-c4cc5c(cc43)oc3ccccc35)c3cccc4c3Oc3ccccc3-c3ccccc3-4)cc21. The first-order valence-corrected chi connectivity index (χ1v) is 25.4. The van der Waals surface area contributed by atoms with E-state index < -0.39 is 5.41 Å². The van der Waals surface area contributed by atoms with Crippen LogP contribution in [-0.4, -0.2) is 0 Å². The van der Waals surface area contributed by atoms with Crippen LogP contribution in [0, 0.1) is 0 Å². The molecule has 4 aliphatic rings. The molecule has 12 aromatic rings. The van der Waals surface area contributed by atoms with Gasteiger partial charge in [-0.1, -0.05) is 196 Å². The molecule has 1 atom stereocenters. The van der Waals surface area contributed by atoms with Gasteiger partial charge in [0.05, 0.1) is 11.1 Å². The second kappa shape index (κ2) is 14.7. The second-order valence-corrected chi connectivity index (χ2v) is 20.6. The summed E-state index contributed by atoms with van der Waals surface area (Å²) in [6.07, 6.45) is 0. The summed E-state index contributed by atoms with van der Waals surface area (Å²) in [5, 5.41) is 2.25. The number of fused-ring (bicyclic) bond motifs is 23. The highest BCUT2D eigenvalue weighted by Gasteiger charge is 2.50. The maximum atomic E-state index is 7.35. The van der Waals surface area contributed by atoms with Gasteiger partial charge in [-0.05, 0) is 144 Å². The van der Waals surface area contributed by atoms with E-state index in [4.69, 9.17) is 9.15 Å². The van der Waals surface area contributed by atoms with Gasteiger partial charge in [0.1, 0.15) is 16.9 Å². The number of para-hydroxylation sites is 3. The van der Waals surface area contributed by atoms with Crippen LogP contribution < -0.4 is 9.64 Å². The third kappa shape index (κ3) is 5.38. The molecule has 3 heteroatoms. The van der Waals surface area contributed by atoms with E-state index in [1.165, 1.54) is 77.9 Å². The van der Waals surface area contributed by atoms with Gasteiger partial charge >= 0.3 is 0 Å². The van der Waals surface area contributed by atoms with Crippen molar-refractivity contribution in [3.05, 3.63) is 270 Å². The van der Waals surface area contributed by atoms with Crippen LogP contribution in [0.5, 0.6) is 11.5 Å². The molecule has 11 aromatic carbocycles. The third-order valence-corrected chi connectivity index (χ3v) is 16.7. The van der Waals surface area contributed by atoms with Gasteiger partial charge in [-0.25, -0.2) is 0 Å². The molecule has 3 nitrogen and oxygen atoms in total. The van der Waals surface area contributed by atoms with Crippen LogP contribution in [0.1, 0.15) is 47.2 Å². The maximum absolute atomic E-state index is 7.35. The van der Waals surface area contributed by atoms with E-state index in [1.54, 1.807) is 0 Å². The van der Waals surface area contributed by atoms with Crippen LogP contribution in [-0.2, 0) is 10.8 Å². The fourth-order valence-electron chi connectivity index (χ4n) is 13.6. The highest BCUT2D eigenvalue weighted by Crippen LogP contribution is 2.64. The minimum atomic E-state index is -0.755. The van der Waals surface area contributed by atoms with Crippen molar-refractivity contribution in [1.29, 1.82) is 0 Å². The lowest BCUT2D eigenvalue weighted by Gasteiger charge is -2.37. The lowest BCUT2D eigenvalue weighted by atomic mass is 9.65. The Morgan fingerprint density at radius 3 is 1.49 bits per heavy atom. The van der Waals surface area contributed by atoms with Crippen molar-refractivity contribution in [2.45, 2.75) is 24.7 Å². The Morgan fingerprint density at radius 2 is 0.795 bits per heavy atom. The number of anilines is 3. The topological polar surface area (TPSA) is 25.6 Å². The summed E-state index contributed by atoms with van der Waals surface area (Å²) >= 11 is 0. The molecule has 0 saturated heterocycles. The van der Waals surface area contributed by atoms with Gasteiger partial charge in [-0.3, -0.25) is 0 Å². The number of nitrogens with zero attached hydrogens (tertiary/aromatic N) is 1. The van der Waals surface area contributed by atoms with Crippen LogP contribution in [0.15, 0.2) is 241 Å². The van der Waals surface area contributed by atoms with Crippen LogP contribution in [0.2, 0.25) is 0 Å². The number of benzene rings is 11. The highest BCUT2D eigenvalue weighted by molar-refractivity contribution is 6.09. The van der Waals surface area contributed by atoms with Gasteiger partial charge in [0.25, 0.3) is 0 Å². The van der Waals surface area contributed by atoms with Gasteiger partial charge in [0, 0.05) is 38.7 Å². The molecule has 0 saturated carbocycles. The largest absolute Gasteiger partial charge is 0.456 e. The summed E-state index contributed by atoms with van der Waals surface area (Å²) < 4.78 is 14.2. The fraction of sp³-hybridized carbons (Fsp3) is 0.0571. The Labute approximate surface area is 423 Å². The smallest absolute Gasteiger partial charge is 0.159 e. The van der Waals surface area contributed by atoms with E-state index in [-0.39, 0.29) is 5.41 Å². The molecule has 0 radical (unpaired) electrons. The first kappa shape index (κ1) is 40.5. The van der Waals surface area contributed by atoms with Crippen LogP contribution in [0.3, 0.4) is 0 Å². The lowest BCUT2D eigenvalue weighted by Crippen LogP contribution is -2.29. The molecule has 1 aromatic heterocycles. The zero-order valence-electron chi connectivity index (χ0n) is 40.3. The molecule has 3 aliphatic carbocycles. The summed E-state index contributed by atoms with van der Waals surface area (Å²) in [7, 11) is 0. The third-order valence-electron chi connectivity index (χ3n) is 16.7. The van der Waals surface area contributed by atoms with Crippen molar-refractivity contribution in [3.8, 4) is 78.3 Å². The molecule has 0 bridgehead atoms. The standard InChI is InChI=1S/C70H45NO2/c1-69(2)58-28-12-7-23-49(58)52-37-35-42(38-61(52)69)71(64-31-17-27-55-47-21-6-5-20-46(47)53-25-10-16-33-66(53)73-68(55)64)43-34-36-51-45-19-4-3-18-44(45)48-22-8-13-29-59(48)70(62(51)39-43)60-30-14-9-24-50(60)56-40-57-54-26-11-15-32-65(54)72-67(57)41-63(56)70/h3-41H,1-2H3. The van der Waals surface area contributed by atoms with Crippen molar-refractivity contribution in [1.82, 2.24) is 0 Å². The minimum Gasteiger partial charge on any atom is -0.456 e.